The topological polar surface area (TPSA) is 102 Å². The Hall–Kier alpha value is -1.97. The molecule has 160 valence electrons. The Kier molecular flexibility index (Phi) is 6.92. The second kappa shape index (κ2) is 9.23. The number of hydrogen-bond acceptors (Lipinski definition) is 6. The fraction of sp³-hybridized carbons (Fsp3) is 0.600. The van der Waals surface area contributed by atoms with Gasteiger partial charge >= 0.3 is 5.97 Å². The molecular formula is C20H28N2O6S. The monoisotopic (exact) mass is 424 g/mol. The Labute approximate surface area is 171 Å². The smallest absolute Gasteiger partial charge is 0.338 e. The predicted octanol–water partition coefficient (Wildman–Crippen LogP) is 1.70. The van der Waals surface area contributed by atoms with Crippen molar-refractivity contribution in [2.24, 2.45) is 0 Å². The van der Waals surface area contributed by atoms with Crippen LogP contribution in [0.15, 0.2) is 29.2 Å². The lowest BCUT2D eigenvalue weighted by Gasteiger charge is -2.34. The first-order valence-electron chi connectivity index (χ1n) is 9.98. The summed E-state index contributed by atoms with van der Waals surface area (Å²) in [5.41, 5.74) is 0.0918. The Morgan fingerprint density at radius 3 is 2.48 bits per heavy atom. The molecule has 29 heavy (non-hydrogen) atoms. The SMILES string of the molecule is C[C@@H]1CN(S(=O)(=O)c2cccc(C(=O)OCC(=O)NC3CCCC3)c2)C[C@H](C)O1. The Morgan fingerprint density at radius 2 is 1.83 bits per heavy atom. The second-order valence-corrected chi connectivity index (χ2v) is 9.67. The van der Waals surface area contributed by atoms with Crippen LogP contribution in [0.25, 0.3) is 0 Å². The lowest BCUT2D eigenvalue weighted by Crippen LogP contribution is -2.48. The average molecular weight is 425 g/mol. The van der Waals surface area contributed by atoms with Crippen LogP contribution in [0, 0.1) is 0 Å². The number of sulfonamides is 1. The van der Waals surface area contributed by atoms with E-state index in [4.69, 9.17) is 9.47 Å². The molecule has 0 unspecified atom stereocenters. The molecule has 1 aromatic rings. The summed E-state index contributed by atoms with van der Waals surface area (Å²) >= 11 is 0. The van der Waals surface area contributed by atoms with Gasteiger partial charge in [-0.15, -0.1) is 0 Å². The maximum absolute atomic E-state index is 13.0. The van der Waals surface area contributed by atoms with Crippen molar-refractivity contribution >= 4 is 21.9 Å². The van der Waals surface area contributed by atoms with Gasteiger partial charge in [0.05, 0.1) is 22.7 Å². The molecule has 2 aliphatic rings. The lowest BCUT2D eigenvalue weighted by molar-refractivity contribution is -0.124. The van der Waals surface area contributed by atoms with E-state index in [1.54, 1.807) is 0 Å². The zero-order valence-corrected chi connectivity index (χ0v) is 17.6. The van der Waals surface area contributed by atoms with Crippen LogP contribution in [0.2, 0.25) is 0 Å². The van der Waals surface area contributed by atoms with Crippen molar-refractivity contribution in [3.8, 4) is 0 Å². The van der Waals surface area contributed by atoms with E-state index in [9.17, 15) is 18.0 Å². The number of hydrogen-bond donors (Lipinski definition) is 1. The minimum atomic E-state index is -3.76. The number of benzene rings is 1. The first-order valence-corrected chi connectivity index (χ1v) is 11.4. The Balaban J connectivity index is 1.63. The van der Waals surface area contributed by atoms with Gasteiger partial charge in [0.15, 0.2) is 6.61 Å². The van der Waals surface area contributed by atoms with E-state index in [0.29, 0.717) is 0 Å². The van der Waals surface area contributed by atoms with Crippen LogP contribution < -0.4 is 5.32 Å². The summed E-state index contributed by atoms with van der Waals surface area (Å²) in [6.45, 7) is 3.77. The van der Waals surface area contributed by atoms with Gasteiger partial charge < -0.3 is 14.8 Å². The third-order valence-electron chi connectivity index (χ3n) is 5.15. The molecule has 0 bridgehead atoms. The highest BCUT2D eigenvalue weighted by atomic mass is 32.2. The van der Waals surface area contributed by atoms with Gasteiger partial charge in [0.25, 0.3) is 5.91 Å². The highest BCUT2D eigenvalue weighted by Gasteiger charge is 2.32. The van der Waals surface area contributed by atoms with Crippen LogP contribution in [0.3, 0.4) is 0 Å². The van der Waals surface area contributed by atoms with Crippen molar-refractivity contribution in [3.05, 3.63) is 29.8 Å². The fourth-order valence-electron chi connectivity index (χ4n) is 3.81. The van der Waals surface area contributed by atoms with E-state index in [1.807, 2.05) is 13.8 Å². The Morgan fingerprint density at radius 1 is 1.17 bits per heavy atom. The molecule has 1 aliphatic carbocycles. The van der Waals surface area contributed by atoms with E-state index in [0.717, 1.165) is 25.7 Å². The average Bonchev–Trinajstić information content (AvgIpc) is 3.18. The third kappa shape index (κ3) is 5.55. The quantitative estimate of drug-likeness (QED) is 0.698. The second-order valence-electron chi connectivity index (χ2n) is 7.73. The number of rotatable bonds is 6. The van der Waals surface area contributed by atoms with E-state index < -0.39 is 16.0 Å². The first-order chi connectivity index (χ1) is 13.8. The molecule has 1 saturated carbocycles. The number of morpholine rings is 1. The molecule has 3 rings (SSSR count). The first kappa shape index (κ1) is 21.7. The summed E-state index contributed by atoms with van der Waals surface area (Å²) in [6, 6.07) is 5.85. The number of esters is 1. The van der Waals surface area contributed by atoms with Crippen LogP contribution in [-0.2, 0) is 24.3 Å². The van der Waals surface area contributed by atoms with Crippen molar-refractivity contribution in [2.75, 3.05) is 19.7 Å². The summed E-state index contributed by atoms with van der Waals surface area (Å²) in [4.78, 5) is 24.3. The number of amides is 1. The van der Waals surface area contributed by atoms with Gasteiger partial charge in [-0.1, -0.05) is 18.9 Å². The van der Waals surface area contributed by atoms with Gasteiger partial charge in [-0.2, -0.15) is 4.31 Å². The maximum Gasteiger partial charge on any atom is 0.338 e. The van der Waals surface area contributed by atoms with E-state index in [2.05, 4.69) is 5.32 Å². The number of carbonyl (C=O) groups excluding carboxylic acids is 2. The third-order valence-corrected chi connectivity index (χ3v) is 6.98. The maximum atomic E-state index is 13.0. The van der Waals surface area contributed by atoms with Gasteiger partial charge in [-0.3, -0.25) is 4.79 Å². The van der Waals surface area contributed by atoms with E-state index in [1.165, 1.54) is 28.6 Å². The molecule has 1 aliphatic heterocycles. The Bertz CT molecular complexity index is 840. The summed E-state index contributed by atoms with van der Waals surface area (Å²) in [6.07, 6.45) is 3.65. The van der Waals surface area contributed by atoms with Gasteiger partial charge in [0.1, 0.15) is 0 Å². The number of nitrogens with one attached hydrogen (secondary N) is 1. The van der Waals surface area contributed by atoms with Crippen molar-refractivity contribution in [2.45, 2.75) is 62.7 Å². The molecule has 0 aromatic heterocycles. The highest BCUT2D eigenvalue weighted by molar-refractivity contribution is 7.89. The normalized spacial score (nSPS) is 23.7. The van der Waals surface area contributed by atoms with Gasteiger partial charge in [0.2, 0.25) is 10.0 Å². The fourth-order valence-corrected chi connectivity index (χ4v) is 5.45. The molecule has 1 amide bonds. The molecule has 2 atom stereocenters. The van der Waals surface area contributed by atoms with Gasteiger partial charge in [-0.05, 0) is 44.9 Å². The number of nitrogens with zero attached hydrogens (tertiary/aromatic N) is 1. The number of carbonyl (C=O) groups is 2. The van der Waals surface area contributed by atoms with Crippen LogP contribution in [0.4, 0.5) is 0 Å². The van der Waals surface area contributed by atoms with Crippen LogP contribution in [-0.4, -0.2) is 62.5 Å². The molecule has 1 saturated heterocycles. The minimum Gasteiger partial charge on any atom is -0.452 e. The van der Waals surface area contributed by atoms with E-state index >= 15 is 0 Å². The summed E-state index contributed by atoms with van der Waals surface area (Å²) in [7, 11) is -3.76. The molecule has 0 radical (unpaired) electrons. The highest BCUT2D eigenvalue weighted by Crippen LogP contribution is 2.22. The molecular weight excluding hydrogens is 396 g/mol. The molecule has 1 N–H and O–H groups in total. The molecule has 2 fully saturated rings. The van der Waals surface area contributed by atoms with Crippen LogP contribution in [0.1, 0.15) is 49.9 Å². The molecule has 1 aromatic carbocycles. The van der Waals surface area contributed by atoms with Crippen molar-refractivity contribution in [3.63, 3.8) is 0 Å². The molecule has 9 heteroatoms. The zero-order chi connectivity index (χ0) is 21.0. The largest absolute Gasteiger partial charge is 0.452 e. The molecule has 0 spiro atoms. The minimum absolute atomic E-state index is 0.0173. The van der Waals surface area contributed by atoms with Crippen molar-refractivity contribution in [1.82, 2.24) is 9.62 Å². The number of ether oxygens (including phenoxy) is 2. The standard InChI is InChI=1S/C20H28N2O6S/c1-14-11-22(12-15(2)28-14)29(25,26)18-9-5-6-16(10-18)20(24)27-13-19(23)21-17-7-3-4-8-17/h5-6,9-10,14-15,17H,3-4,7-8,11-13H2,1-2H3,(H,21,23)/t14-,15+. The van der Waals surface area contributed by atoms with Gasteiger partial charge in [0, 0.05) is 19.1 Å². The zero-order valence-electron chi connectivity index (χ0n) is 16.8. The van der Waals surface area contributed by atoms with Crippen molar-refractivity contribution < 1.29 is 27.5 Å². The summed E-state index contributed by atoms with van der Waals surface area (Å²) < 4.78 is 38.0. The lowest BCUT2D eigenvalue weighted by atomic mass is 10.2. The van der Waals surface area contributed by atoms with Crippen molar-refractivity contribution in [1.29, 1.82) is 0 Å². The molecule has 8 nitrogen and oxygen atoms in total. The predicted molar refractivity (Wildman–Crippen MR) is 106 cm³/mol. The van der Waals surface area contributed by atoms with Crippen LogP contribution in [0.5, 0.6) is 0 Å². The van der Waals surface area contributed by atoms with E-state index in [-0.39, 0.29) is 54.3 Å². The van der Waals surface area contributed by atoms with Gasteiger partial charge in [-0.25, -0.2) is 13.2 Å². The summed E-state index contributed by atoms with van der Waals surface area (Å²) in [5, 5.41) is 2.84. The molecule has 1 heterocycles. The summed E-state index contributed by atoms with van der Waals surface area (Å²) in [5.74, 6) is -1.07. The van der Waals surface area contributed by atoms with Crippen LogP contribution >= 0.6 is 0 Å².